The Bertz CT molecular complexity index is 902. The molecule has 0 N–H and O–H groups in total. The van der Waals surface area contributed by atoms with Crippen molar-refractivity contribution in [3.8, 4) is 5.75 Å². The molecule has 29 heavy (non-hydrogen) atoms. The van der Waals surface area contributed by atoms with E-state index < -0.39 is 17.5 Å². The van der Waals surface area contributed by atoms with Gasteiger partial charge < -0.3 is 14.4 Å². The van der Waals surface area contributed by atoms with Crippen LogP contribution in [0.15, 0.2) is 53.4 Å². The number of ether oxygens (including phenoxy) is 2. The summed E-state index contributed by atoms with van der Waals surface area (Å²) in [5, 5.41) is 11.0. The van der Waals surface area contributed by atoms with Crippen LogP contribution in [0, 0.1) is 10.1 Å². The molecule has 0 bridgehead atoms. The number of esters is 1. The van der Waals surface area contributed by atoms with E-state index in [0.717, 1.165) is 17.0 Å². The largest absolute Gasteiger partial charge is 0.482 e. The Morgan fingerprint density at radius 2 is 1.90 bits per heavy atom. The van der Waals surface area contributed by atoms with Gasteiger partial charge in [-0.3, -0.25) is 14.9 Å². The van der Waals surface area contributed by atoms with Crippen molar-refractivity contribution >= 4 is 35.0 Å². The van der Waals surface area contributed by atoms with Crippen molar-refractivity contribution in [3.05, 3.63) is 58.6 Å². The zero-order valence-corrected chi connectivity index (χ0v) is 16.6. The van der Waals surface area contributed by atoms with Crippen LogP contribution in [0.5, 0.6) is 5.75 Å². The number of nitro groups is 1. The van der Waals surface area contributed by atoms with E-state index >= 15 is 0 Å². The van der Waals surface area contributed by atoms with Crippen LogP contribution in [-0.4, -0.2) is 41.8 Å². The SMILES string of the molecule is C[C@H]1CCN(C(=O)COC(=O)COc2ccc([N+](=O)[O-])cc2)c2ccccc2S1. The average Bonchev–Trinajstić information content (AvgIpc) is 2.89. The van der Waals surface area contributed by atoms with Gasteiger partial charge in [-0.05, 0) is 30.7 Å². The van der Waals surface area contributed by atoms with Crippen LogP contribution in [-0.2, 0) is 14.3 Å². The Morgan fingerprint density at radius 1 is 1.17 bits per heavy atom. The van der Waals surface area contributed by atoms with Crippen molar-refractivity contribution in [1.82, 2.24) is 0 Å². The molecule has 0 saturated heterocycles. The molecule has 1 atom stereocenters. The number of para-hydroxylation sites is 1. The highest BCUT2D eigenvalue weighted by molar-refractivity contribution is 8.00. The maximum Gasteiger partial charge on any atom is 0.344 e. The lowest BCUT2D eigenvalue weighted by molar-refractivity contribution is -0.384. The van der Waals surface area contributed by atoms with Crippen LogP contribution < -0.4 is 9.64 Å². The van der Waals surface area contributed by atoms with E-state index in [1.54, 1.807) is 16.7 Å². The van der Waals surface area contributed by atoms with Crippen LogP contribution in [0.3, 0.4) is 0 Å². The number of nitro benzene ring substituents is 1. The second-order valence-corrected chi connectivity index (χ2v) is 7.91. The molecular weight excluding hydrogens is 396 g/mol. The molecule has 0 saturated carbocycles. The van der Waals surface area contributed by atoms with Crippen molar-refractivity contribution in [2.24, 2.45) is 0 Å². The molecule has 2 aromatic rings. The minimum absolute atomic E-state index is 0.0734. The Hall–Kier alpha value is -3.07. The smallest absolute Gasteiger partial charge is 0.344 e. The standard InChI is InChI=1S/C20H20N2O6S/c1-14-10-11-21(17-4-2-3-5-18(17)29-14)19(23)12-28-20(24)13-27-16-8-6-15(7-9-16)22(25)26/h2-9,14H,10-13H2,1H3/t14-/m0/s1. The summed E-state index contributed by atoms with van der Waals surface area (Å²) in [6.07, 6.45) is 0.836. The monoisotopic (exact) mass is 416 g/mol. The zero-order valence-electron chi connectivity index (χ0n) is 15.8. The van der Waals surface area contributed by atoms with Gasteiger partial charge in [0.25, 0.3) is 11.6 Å². The lowest BCUT2D eigenvalue weighted by Gasteiger charge is -2.22. The summed E-state index contributed by atoms with van der Waals surface area (Å²) in [5.74, 6) is -0.690. The minimum atomic E-state index is -0.692. The number of thioether (sulfide) groups is 1. The van der Waals surface area contributed by atoms with Crippen LogP contribution >= 0.6 is 11.8 Å². The number of rotatable bonds is 6. The van der Waals surface area contributed by atoms with Gasteiger partial charge in [0.05, 0.1) is 10.6 Å². The molecule has 8 nitrogen and oxygen atoms in total. The molecule has 9 heteroatoms. The lowest BCUT2D eigenvalue weighted by Crippen LogP contribution is -2.36. The topological polar surface area (TPSA) is 99.0 Å². The van der Waals surface area contributed by atoms with E-state index in [1.165, 1.54) is 24.3 Å². The molecule has 0 fully saturated rings. The van der Waals surface area contributed by atoms with E-state index in [9.17, 15) is 19.7 Å². The molecule has 0 radical (unpaired) electrons. The summed E-state index contributed by atoms with van der Waals surface area (Å²) in [4.78, 5) is 37.3. The van der Waals surface area contributed by atoms with Gasteiger partial charge in [0.2, 0.25) is 0 Å². The molecule has 152 valence electrons. The summed E-state index contributed by atoms with van der Waals surface area (Å²) in [6, 6.07) is 13.0. The number of nitrogens with zero attached hydrogens (tertiary/aromatic N) is 2. The predicted octanol–water partition coefficient (Wildman–Crippen LogP) is 3.43. The highest BCUT2D eigenvalue weighted by Gasteiger charge is 2.24. The average molecular weight is 416 g/mol. The molecule has 1 aliphatic heterocycles. The number of hydrogen-bond donors (Lipinski definition) is 0. The second kappa shape index (κ2) is 9.42. The highest BCUT2D eigenvalue weighted by Crippen LogP contribution is 2.37. The van der Waals surface area contributed by atoms with Gasteiger partial charge in [0, 0.05) is 28.8 Å². The van der Waals surface area contributed by atoms with Gasteiger partial charge >= 0.3 is 5.97 Å². The van der Waals surface area contributed by atoms with Gasteiger partial charge in [-0.25, -0.2) is 4.79 Å². The Morgan fingerprint density at radius 3 is 2.62 bits per heavy atom. The molecule has 3 rings (SSSR count). The number of benzene rings is 2. The van der Waals surface area contributed by atoms with Crippen LogP contribution in [0.1, 0.15) is 13.3 Å². The molecule has 2 aromatic carbocycles. The number of anilines is 1. The van der Waals surface area contributed by atoms with E-state index in [-0.39, 0.29) is 18.2 Å². The van der Waals surface area contributed by atoms with Crippen LogP contribution in [0.25, 0.3) is 0 Å². The molecule has 0 aliphatic carbocycles. The summed E-state index contributed by atoms with van der Waals surface area (Å²) in [6.45, 7) is 1.90. The lowest BCUT2D eigenvalue weighted by atomic mass is 10.2. The maximum atomic E-state index is 12.6. The summed E-state index contributed by atoms with van der Waals surface area (Å²) < 4.78 is 10.3. The van der Waals surface area contributed by atoms with Crippen molar-refractivity contribution in [2.45, 2.75) is 23.5 Å². The van der Waals surface area contributed by atoms with Gasteiger partial charge in [-0.2, -0.15) is 0 Å². The van der Waals surface area contributed by atoms with E-state index in [1.807, 2.05) is 24.3 Å². The van der Waals surface area contributed by atoms with Gasteiger partial charge in [-0.15, -0.1) is 11.8 Å². The first-order chi connectivity index (χ1) is 13.9. The normalized spacial score (nSPS) is 15.8. The minimum Gasteiger partial charge on any atom is -0.482 e. The number of carbonyl (C=O) groups is 2. The van der Waals surface area contributed by atoms with E-state index in [0.29, 0.717) is 17.5 Å². The first kappa shape index (κ1) is 20.7. The number of fused-ring (bicyclic) bond motifs is 1. The Balaban J connectivity index is 1.52. The maximum absolute atomic E-state index is 12.6. The fourth-order valence-corrected chi connectivity index (χ4v) is 3.93. The van der Waals surface area contributed by atoms with Crippen LogP contribution in [0.4, 0.5) is 11.4 Å². The fraction of sp³-hybridized carbons (Fsp3) is 0.300. The van der Waals surface area contributed by atoms with Crippen molar-refractivity contribution in [2.75, 3.05) is 24.7 Å². The molecule has 1 heterocycles. The number of amides is 1. The first-order valence-electron chi connectivity index (χ1n) is 9.03. The van der Waals surface area contributed by atoms with Gasteiger partial charge in [0.15, 0.2) is 13.2 Å². The second-order valence-electron chi connectivity index (χ2n) is 6.43. The number of hydrogen-bond acceptors (Lipinski definition) is 7. The quantitative estimate of drug-likeness (QED) is 0.404. The Labute approximate surface area is 171 Å². The van der Waals surface area contributed by atoms with Crippen molar-refractivity contribution in [3.63, 3.8) is 0 Å². The highest BCUT2D eigenvalue weighted by atomic mass is 32.2. The first-order valence-corrected chi connectivity index (χ1v) is 9.91. The van der Waals surface area contributed by atoms with Crippen molar-refractivity contribution in [1.29, 1.82) is 0 Å². The molecule has 0 spiro atoms. The molecule has 1 aliphatic rings. The molecule has 1 amide bonds. The van der Waals surface area contributed by atoms with Crippen molar-refractivity contribution < 1.29 is 24.0 Å². The molecule has 0 unspecified atom stereocenters. The number of non-ortho nitro benzene ring substituents is 1. The number of carbonyl (C=O) groups excluding carboxylic acids is 2. The third kappa shape index (κ3) is 5.47. The van der Waals surface area contributed by atoms with E-state index in [4.69, 9.17) is 9.47 Å². The third-order valence-corrected chi connectivity index (χ3v) is 5.54. The molecular formula is C20H20N2O6S. The summed E-state index contributed by atoms with van der Waals surface area (Å²) in [5.41, 5.74) is 0.751. The van der Waals surface area contributed by atoms with Gasteiger partial charge in [0.1, 0.15) is 5.75 Å². The van der Waals surface area contributed by atoms with E-state index in [2.05, 4.69) is 6.92 Å². The third-order valence-electron chi connectivity index (χ3n) is 4.31. The predicted molar refractivity (Wildman–Crippen MR) is 108 cm³/mol. The Kier molecular flexibility index (Phi) is 6.71. The zero-order chi connectivity index (χ0) is 20.8. The molecule has 0 aromatic heterocycles. The van der Waals surface area contributed by atoms with Crippen LogP contribution in [0.2, 0.25) is 0 Å². The van der Waals surface area contributed by atoms with Gasteiger partial charge in [-0.1, -0.05) is 19.1 Å². The fourth-order valence-electron chi connectivity index (χ4n) is 2.81. The summed E-state index contributed by atoms with van der Waals surface area (Å²) in [7, 11) is 0. The summed E-state index contributed by atoms with van der Waals surface area (Å²) >= 11 is 1.72.